The summed E-state index contributed by atoms with van der Waals surface area (Å²) in [6.07, 6.45) is 1.67. The van der Waals surface area contributed by atoms with Crippen molar-refractivity contribution in [3.63, 3.8) is 0 Å². The lowest BCUT2D eigenvalue weighted by Crippen LogP contribution is -2.36. The van der Waals surface area contributed by atoms with E-state index < -0.39 is 5.91 Å². The van der Waals surface area contributed by atoms with Gasteiger partial charge in [-0.05, 0) is 67.6 Å². The first-order valence-electron chi connectivity index (χ1n) is 10.5. The number of hydrogen-bond acceptors (Lipinski definition) is 5. The van der Waals surface area contributed by atoms with E-state index in [0.29, 0.717) is 17.1 Å². The first-order chi connectivity index (χ1) is 15.8. The van der Waals surface area contributed by atoms with Crippen LogP contribution in [0.1, 0.15) is 44.9 Å². The monoisotopic (exact) mass is 464 g/mol. The van der Waals surface area contributed by atoms with Crippen LogP contribution in [0.4, 0.5) is 0 Å². The summed E-state index contributed by atoms with van der Waals surface area (Å²) in [5.41, 5.74) is 3.79. The number of amides is 2. The number of hydrogen-bond donors (Lipinski definition) is 2. The number of benzene rings is 2. The van der Waals surface area contributed by atoms with Crippen LogP contribution in [0.3, 0.4) is 0 Å². The summed E-state index contributed by atoms with van der Waals surface area (Å²) in [7, 11) is 3.03. The Kier molecular flexibility index (Phi) is 7.90. The van der Waals surface area contributed by atoms with Crippen molar-refractivity contribution in [3.8, 4) is 11.5 Å². The second kappa shape index (κ2) is 10.8. The van der Waals surface area contributed by atoms with Crippen molar-refractivity contribution >= 4 is 29.2 Å². The van der Waals surface area contributed by atoms with Crippen LogP contribution >= 0.6 is 11.3 Å². The number of carbonyl (C=O) groups is 2. The van der Waals surface area contributed by atoms with Gasteiger partial charge in [0.05, 0.1) is 20.3 Å². The van der Waals surface area contributed by atoms with Gasteiger partial charge >= 0.3 is 0 Å². The van der Waals surface area contributed by atoms with Gasteiger partial charge in [0.2, 0.25) is 0 Å². The molecule has 6 nitrogen and oxygen atoms in total. The topological polar surface area (TPSA) is 76.7 Å². The molecule has 0 saturated carbocycles. The molecule has 3 aromatic rings. The zero-order chi connectivity index (χ0) is 24.0. The van der Waals surface area contributed by atoms with E-state index in [9.17, 15) is 9.59 Å². The molecule has 0 fully saturated rings. The fourth-order valence-electron chi connectivity index (χ4n) is 3.51. The highest BCUT2D eigenvalue weighted by molar-refractivity contribution is 7.10. The van der Waals surface area contributed by atoms with Gasteiger partial charge in [0.1, 0.15) is 5.70 Å². The van der Waals surface area contributed by atoms with Crippen molar-refractivity contribution in [2.24, 2.45) is 0 Å². The Morgan fingerprint density at radius 2 is 1.76 bits per heavy atom. The molecule has 33 heavy (non-hydrogen) atoms. The Morgan fingerprint density at radius 1 is 1.00 bits per heavy atom. The smallest absolute Gasteiger partial charge is 0.268 e. The quantitative estimate of drug-likeness (QED) is 0.459. The molecule has 2 aromatic carbocycles. The Balaban J connectivity index is 1.84. The second-order valence-electron chi connectivity index (χ2n) is 7.65. The Labute approximate surface area is 198 Å². The molecular formula is C26H28N2O4S. The van der Waals surface area contributed by atoms with Crippen molar-refractivity contribution in [2.45, 2.75) is 26.8 Å². The van der Waals surface area contributed by atoms with E-state index in [-0.39, 0.29) is 17.6 Å². The number of nitrogens with one attached hydrogen (secondary N) is 2. The molecule has 7 heteroatoms. The Bertz CT molecular complexity index is 1170. The minimum absolute atomic E-state index is 0.161. The van der Waals surface area contributed by atoms with Crippen molar-refractivity contribution in [1.29, 1.82) is 0 Å². The molecule has 0 aliphatic rings. The average molecular weight is 465 g/mol. The lowest BCUT2D eigenvalue weighted by Gasteiger charge is -2.19. The lowest BCUT2D eigenvalue weighted by molar-refractivity contribution is -0.118. The van der Waals surface area contributed by atoms with Gasteiger partial charge < -0.3 is 20.1 Å². The highest BCUT2D eigenvalue weighted by Crippen LogP contribution is 2.27. The summed E-state index contributed by atoms with van der Waals surface area (Å²) >= 11 is 1.48. The summed E-state index contributed by atoms with van der Waals surface area (Å²) in [6, 6.07) is 14.5. The van der Waals surface area contributed by atoms with Crippen molar-refractivity contribution in [3.05, 3.63) is 86.7 Å². The Hall–Kier alpha value is -3.58. The highest BCUT2D eigenvalue weighted by atomic mass is 32.1. The summed E-state index contributed by atoms with van der Waals surface area (Å²) in [4.78, 5) is 27.0. The molecule has 0 spiro atoms. The average Bonchev–Trinajstić information content (AvgIpc) is 3.31. The largest absolute Gasteiger partial charge is 0.493 e. The SMILES string of the molecule is COc1ccc(C(=O)N/C(=C\c2cccs2)C(=O)N[C@@H](C)c2ccc(C)cc2C)cc1OC. The molecule has 172 valence electrons. The maximum Gasteiger partial charge on any atom is 0.268 e. The summed E-state index contributed by atoms with van der Waals surface area (Å²) < 4.78 is 10.5. The van der Waals surface area contributed by atoms with Crippen LogP contribution < -0.4 is 20.1 Å². The van der Waals surface area contributed by atoms with Crippen LogP contribution in [0.5, 0.6) is 11.5 Å². The van der Waals surface area contributed by atoms with Crippen LogP contribution in [0.15, 0.2) is 59.6 Å². The summed E-state index contributed by atoms with van der Waals surface area (Å²) in [6.45, 7) is 5.98. The highest BCUT2D eigenvalue weighted by Gasteiger charge is 2.19. The Morgan fingerprint density at radius 3 is 2.39 bits per heavy atom. The number of methoxy groups -OCH3 is 2. The predicted molar refractivity (Wildman–Crippen MR) is 132 cm³/mol. The maximum atomic E-state index is 13.2. The number of ether oxygens (including phenoxy) is 2. The summed E-state index contributed by atoms with van der Waals surface area (Å²) in [5.74, 6) is 0.156. The van der Waals surface area contributed by atoms with Crippen LogP contribution in [0.2, 0.25) is 0 Å². The van der Waals surface area contributed by atoms with Gasteiger partial charge in [-0.25, -0.2) is 0 Å². The van der Waals surface area contributed by atoms with Gasteiger partial charge in [-0.2, -0.15) is 0 Å². The van der Waals surface area contributed by atoms with Crippen LogP contribution in [-0.2, 0) is 4.79 Å². The molecule has 1 heterocycles. The lowest BCUT2D eigenvalue weighted by atomic mass is 10.0. The molecule has 1 atom stereocenters. The molecule has 2 N–H and O–H groups in total. The molecule has 3 rings (SSSR count). The zero-order valence-corrected chi connectivity index (χ0v) is 20.2. The van der Waals surface area contributed by atoms with Gasteiger partial charge in [-0.15, -0.1) is 11.3 Å². The fraction of sp³-hybridized carbons (Fsp3) is 0.231. The number of thiophene rings is 1. The zero-order valence-electron chi connectivity index (χ0n) is 19.4. The first kappa shape index (κ1) is 24.1. The third-order valence-electron chi connectivity index (χ3n) is 5.21. The minimum atomic E-state index is -0.423. The third kappa shape index (κ3) is 6.02. The van der Waals surface area contributed by atoms with Gasteiger partial charge in [0.15, 0.2) is 11.5 Å². The third-order valence-corrected chi connectivity index (χ3v) is 6.03. The van der Waals surface area contributed by atoms with E-state index in [4.69, 9.17) is 9.47 Å². The van der Waals surface area contributed by atoms with E-state index >= 15 is 0 Å². The molecule has 1 aromatic heterocycles. The normalized spacial score (nSPS) is 12.1. The van der Waals surface area contributed by atoms with Gasteiger partial charge in [0.25, 0.3) is 11.8 Å². The first-order valence-corrected chi connectivity index (χ1v) is 11.4. The fourth-order valence-corrected chi connectivity index (χ4v) is 4.17. The van der Waals surface area contributed by atoms with Gasteiger partial charge in [-0.1, -0.05) is 29.8 Å². The molecule has 0 aliphatic heterocycles. The maximum absolute atomic E-state index is 13.2. The van der Waals surface area contributed by atoms with Crippen LogP contribution in [0, 0.1) is 13.8 Å². The molecule has 2 amide bonds. The number of aryl methyl sites for hydroxylation is 2. The molecule has 0 aliphatic carbocycles. The summed E-state index contributed by atoms with van der Waals surface area (Å²) in [5, 5.41) is 7.68. The van der Waals surface area contributed by atoms with Crippen LogP contribution in [-0.4, -0.2) is 26.0 Å². The number of rotatable bonds is 8. The van der Waals surface area contributed by atoms with Gasteiger partial charge in [0, 0.05) is 10.4 Å². The van der Waals surface area contributed by atoms with E-state index in [0.717, 1.165) is 21.6 Å². The van der Waals surface area contributed by atoms with Crippen LogP contribution in [0.25, 0.3) is 6.08 Å². The molecular weight excluding hydrogens is 436 g/mol. The molecule has 0 saturated heterocycles. The molecule has 0 bridgehead atoms. The van der Waals surface area contributed by atoms with E-state index in [1.54, 1.807) is 24.3 Å². The van der Waals surface area contributed by atoms with Crippen molar-refractivity contribution in [2.75, 3.05) is 14.2 Å². The van der Waals surface area contributed by atoms with E-state index in [1.165, 1.54) is 25.6 Å². The number of carbonyl (C=O) groups excluding carboxylic acids is 2. The van der Waals surface area contributed by atoms with Crippen molar-refractivity contribution in [1.82, 2.24) is 10.6 Å². The van der Waals surface area contributed by atoms with E-state index in [2.05, 4.69) is 16.7 Å². The van der Waals surface area contributed by atoms with Crippen molar-refractivity contribution < 1.29 is 19.1 Å². The van der Waals surface area contributed by atoms with E-state index in [1.807, 2.05) is 50.4 Å². The molecule has 0 radical (unpaired) electrons. The standard InChI is InChI=1S/C26H28N2O4S/c1-16-8-10-21(17(2)13-16)18(3)27-26(30)22(15-20-7-6-12-33-20)28-25(29)19-9-11-23(31-4)24(14-19)32-5/h6-15,18H,1-5H3,(H,27,30)(H,28,29)/b22-15-/t18-/m0/s1. The van der Waals surface area contributed by atoms with Gasteiger partial charge in [-0.3, -0.25) is 9.59 Å². The molecule has 0 unspecified atom stereocenters. The predicted octanol–water partition coefficient (Wildman–Crippen LogP) is 5.03. The minimum Gasteiger partial charge on any atom is -0.493 e. The second-order valence-corrected chi connectivity index (χ2v) is 8.63.